The standard InChI is InChI=1S/C15H23N3O.HI/c1-16-14(17-9-5-13-4-2-11-19-13)18-10-8-15(12-18)6-3-7-15;/h2,4,11H,3,5-10,12H2,1H3,(H,16,17);1H. The molecule has 0 aromatic carbocycles. The molecule has 1 N–H and O–H groups in total. The maximum absolute atomic E-state index is 5.34. The first-order valence-electron chi connectivity index (χ1n) is 7.29. The van der Waals surface area contributed by atoms with Crippen molar-refractivity contribution >= 4 is 29.9 Å². The zero-order chi connectivity index (χ0) is 13.1. The molecule has 3 rings (SSSR count). The molecule has 4 nitrogen and oxygen atoms in total. The Hall–Kier alpha value is -0.720. The third-order valence-corrected chi connectivity index (χ3v) is 4.60. The van der Waals surface area contributed by atoms with Gasteiger partial charge in [-0.1, -0.05) is 6.42 Å². The fourth-order valence-corrected chi connectivity index (χ4v) is 3.29. The Labute approximate surface area is 138 Å². The molecule has 0 bridgehead atoms. The molecule has 2 fully saturated rings. The van der Waals surface area contributed by atoms with E-state index in [1.807, 2.05) is 19.2 Å². The lowest BCUT2D eigenvalue weighted by Crippen LogP contribution is -2.43. The van der Waals surface area contributed by atoms with Gasteiger partial charge in [0.1, 0.15) is 5.76 Å². The summed E-state index contributed by atoms with van der Waals surface area (Å²) in [6, 6.07) is 3.95. The Bertz CT molecular complexity index is 440. The monoisotopic (exact) mass is 389 g/mol. The van der Waals surface area contributed by atoms with Gasteiger partial charge in [0, 0.05) is 33.1 Å². The Balaban J connectivity index is 0.00000147. The van der Waals surface area contributed by atoms with Crippen molar-refractivity contribution in [2.45, 2.75) is 32.1 Å². The van der Waals surface area contributed by atoms with E-state index in [-0.39, 0.29) is 24.0 Å². The predicted octanol–water partition coefficient (Wildman–Crippen LogP) is 2.89. The fraction of sp³-hybridized carbons (Fsp3) is 0.667. The lowest BCUT2D eigenvalue weighted by Gasteiger charge is -2.38. The van der Waals surface area contributed by atoms with Gasteiger partial charge in [-0.05, 0) is 36.8 Å². The molecule has 1 aromatic rings. The van der Waals surface area contributed by atoms with Crippen LogP contribution in [0.5, 0.6) is 0 Å². The molecule has 1 saturated carbocycles. The van der Waals surface area contributed by atoms with E-state index in [4.69, 9.17) is 4.42 Å². The SMILES string of the molecule is CN=C(NCCc1ccco1)N1CCC2(CCC2)C1.I. The molecule has 2 heterocycles. The second kappa shape index (κ2) is 6.83. The van der Waals surface area contributed by atoms with Crippen LogP contribution in [0.2, 0.25) is 0 Å². The Morgan fingerprint density at radius 2 is 2.30 bits per heavy atom. The van der Waals surface area contributed by atoms with Gasteiger partial charge in [0.05, 0.1) is 6.26 Å². The van der Waals surface area contributed by atoms with Crippen LogP contribution in [0.4, 0.5) is 0 Å². The minimum absolute atomic E-state index is 0. The number of nitrogens with zero attached hydrogens (tertiary/aromatic N) is 2. The molecule has 0 amide bonds. The number of halogens is 1. The number of rotatable bonds is 3. The van der Waals surface area contributed by atoms with Crippen molar-refractivity contribution in [2.24, 2.45) is 10.4 Å². The topological polar surface area (TPSA) is 40.8 Å². The first kappa shape index (κ1) is 15.7. The van der Waals surface area contributed by atoms with Crippen LogP contribution in [0, 0.1) is 5.41 Å². The lowest BCUT2D eigenvalue weighted by molar-refractivity contribution is 0.151. The number of hydrogen-bond donors (Lipinski definition) is 1. The fourth-order valence-electron chi connectivity index (χ4n) is 3.29. The number of nitrogens with one attached hydrogen (secondary N) is 1. The summed E-state index contributed by atoms with van der Waals surface area (Å²) in [5.74, 6) is 2.08. The maximum atomic E-state index is 5.34. The number of guanidine groups is 1. The lowest BCUT2D eigenvalue weighted by atomic mass is 9.68. The van der Waals surface area contributed by atoms with E-state index in [1.54, 1.807) is 6.26 Å². The van der Waals surface area contributed by atoms with Crippen LogP contribution in [-0.2, 0) is 6.42 Å². The average molecular weight is 389 g/mol. The van der Waals surface area contributed by atoms with E-state index in [1.165, 1.54) is 32.2 Å². The zero-order valence-electron chi connectivity index (χ0n) is 12.1. The van der Waals surface area contributed by atoms with Gasteiger partial charge >= 0.3 is 0 Å². The second-order valence-electron chi connectivity index (χ2n) is 5.83. The van der Waals surface area contributed by atoms with Crippen molar-refractivity contribution in [2.75, 3.05) is 26.7 Å². The first-order chi connectivity index (χ1) is 9.31. The van der Waals surface area contributed by atoms with Crippen LogP contribution in [-0.4, -0.2) is 37.5 Å². The highest BCUT2D eigenvalue weighted by Gasteiger charge is 2.43. The van der Waals surface area contributed by atoms with Crippen molar-refractivity contribution < 1.29 is 4.42 Å². The maximum Gasteiger partial charge on any atom is 0.193 e. The molecular formula is C15H24IN3O. The normalized spacial score (nSPS) is 20.6. The van der Waals surface area contributed by atoms with Gasteiger partial charge in [0.2, 0.25) is 0 Å². The summed E-state index contributed by atoms with van der Waals surface area (Å²) < 4.78 is 5.34. The van der Waals surface area contributed by atoms with E-state index in [0.717, 1.165) is 31.2 Å². The molecule has 112 valence electrons. The molecule has 5 heteroatoms. The molecular weight excluding hydrogens is 365 g/mol. The van der Waals surface area contributed by atoms with Crippen LogP contribution >= 0.6 is 24.0 Å². The molecule has 0 radical (unpaired) electrons. The van der Waals surface area contributed by atoms with Crippen molar-refractivity contribution in [1.82, 2.24) is 10.2 Å². The van der Waals surface area contributed by atoms with E-state index >= 15 is 0 Å². The summed E-state index contributed by atoms with van der Waals surface area (Å²) >= 11 is 0. The molecule has 1 spiro atoms. The molecule has 2 aliphatic rings. The van der Waals surface area contributed by atoms with Crippen molar-refractivity contribution in [3.63, 3.8) is 0 Å². The van der Waals surface area contributed by atoms with Gasteiger partial charge in [0.25, 0.3) is 0 Å². The first-order valence-corrected chi connectivity index (χ1v) is 7.29. The van der Waals surface area contributed by atoms with Crippen molar-refractivity contribution in [1.29, 1.82) is 0 Å². The Kier molecular flexibility index (Phi) is 5.35. The molecule has 0 unspecified atom stereocenters. The van der Waals surface area contributed by atoms with Gasteiger partial charge in [-0.3, -0.25) is 4.99 Å². The average Bonchev–Trinajstić information content (AvgIpc) is 3.03. The number of hydrogen-bond acceptors (Lipinski definition) is 2. The molecule has 1 aliphatic heterocycles. The summed E-state index contributed by atoms with van der Waals surface area (Å²) in [7, 11) is 1.88. The third kappa shape index (κ3) is 3.30. The van der Waals surface area contributed by atoms with Crippen LogP contribution in [0.1, 0.15) is 31.4 Å². The molecule has 1 saturated heterocycles. The number of furan rings is 1. The summed E-state index contributed by atoms with van der Waals surface area (Å²) in [5, 5.41) is 3.45. The highest BCUT2D eigenvalue weighted by molar-refractivity contribution is 14.0. The van der Waals surface area contributed by atoms with Crippen molar-refractivity contribution in [3.8, 4) is 0 Å². The van der Waals surface area contributed by atoms with Gasteiger partial charge in [-0.15, -0.1) is 24.0 Å². The molecule has 0 atom stereocenters. The smallest absolute Gasteiger partial charge is 0.193 e. The Morgan fingerprint density at radius 3 is 2.85 bits per heavy atom. The van der Waals surface area contributed by atoms with E-state index in [0.29, 0.717) is 5.41 Å². The second-order valence-corrected chi connectivity index (χ2v) is 5.83. The van der Waals surface area contributed by atoms with Gasteiger partial charge in [-0.2, -0.15) is 0 Å². The van der Waals surface area contributed by atoms with Gasteiger partial charge in [0.15, 0.2) is 5.96 Å². The van der Waals surface area contributed by atoms with E-state index < -0.39 is 0 Å². The van der Waals surface area contributed by atoms with Crippen LogP contribution in [0.25, 0.3) is 0 Å². The Morgan fingerprint density at radius 1 is 1.45 bits per heavy atom. The third-order valence-electron chi connectivity index (χ3n) is 4.60. The molecule has 1 aliphatic carbocycles. The summed E-state index contributed by atoms with van der Waals surface area (Å²) in [6.45, 7) is 3.22. The summed E-state index contributed by atoms with van der Waals surface area (Å²) in [4.78, 5) is 6.83. The minimum Gasteiger partial charge on any atom is -0.469 e. The highest BCUT2D eigenvalue weighted by atomic mass is 127. The van der Waals surface area contributed by atoms with E-state index in [9.17, 15) is 0 Å². The van der Waals surface area contributed by atoms with Gasteiger partial charge in [-0.25, -0.2) is 0 Å². The van der Waals surface area contributed by atoms with Crippen LogP contribution < -0.4 is 5.32 Å². The van der Waals surface area contributed by atoms with E-state index in [2.05, 4.69) is 15.2 Å². The highest BCUT2D eigenvalue weighted by Crippen LogP contribution is 2.47. The molecule has 1 aromatic heterocycles. The quantitative estimate of drug-likeness (QED) is 0.491. The molecule has 20 heavy (non-hydrogen) atoms. The van der Waals surface area contributed by atoms with Crippen LogP contribution in [0.15, 0.2) is 27.8 Å². The number of likely N-dealkylation sites (tertiary alicyclic amines) is 1. The predicted molar refractivity (Wildman–Crippen MR) is 91.7 cm³/mol. The number of aliphatic imine (C=N–C) groups is 1. The van der Waals surface area contributed by atoms with Crippen LogP contribution in [0.3, 0.4) is 0 Å². The minimum atomic E-state index is 0. The van der Waals surface area contributed by atoms with Crippen molar-refractivity contribution in [3.05, 3.63) is 24.2 Å². The van der Waals surface area contributed by atoms with Gasteiger partial charge < -0.3 is 14.6 Å². The largest absolute Gasteiger partial charge is 0.469 e. The summed E-state index contributed by atoms with van der Waals surface area (Å²) in [6.07, 6.45) is 8.21. The summed E-state index contributed by atoms with van der Waals surface area (Å²) in [5.41, 5.74) is 0.624. The zero-order valence-corrected chi connectivity index (χ0v) is 14.4.